The number of hydrogen-bond donors (Lipinski definition) is 1. The van der Waals surface area contributed by atoms with Crippen molar-refractivity contribution in [2.45, 2.75) is 45.1 Å². The Hall–Kier alpha value is -0.600. The lowest BCUT2D eigenvalue weighted by Crippen LogP contribution is -2.50. The van der Waals surface area contributed by atoms with Crippen molar-refractivity contribution in [3.05, 3.63) is 34.6 Å². The average Bonchev–Trinajstić information content (AvgIpc) is 2.47. The van der Waals surface area contributed by atoms with Crippen molar-refractivity contribution >= 4 is 11.6 Å². The molecule has 3 heteroatoms. The zero-order valence-corrected chi connectivity index (χ0v) is 11.1. The van der Waals surface area contributed by atoms with Crippen LogP contribution in [0.2, 0.25) is 5.02 Å². The van der Waals surface area contributed by atoms with Crippen LogP contribution in [0.5, 0.6) is 0 Å². The molecule has 0 heterocycles. The zero-order valence-electron chi connectivity index (χ0n) is 10.4. The number of nitrogens with two attached hydrogens (primary N) is 1. The summed E-state index contributed by atoms with van der Waals surface area (Å²) in [4.78, 5) is 0. The molecule has 0 aliphatic heterocycles. The lowest BCUT2D eigenvalue weighted by atomic mass is 9.72. The van der Waals surface area contributed by atoms with Crippen molar-refractivity contribution in [1.82, 2.24) is 0 Å². The molecule has 0 aromatic heterocycles. The highest BCUT2D eigenvalue weighted by atomic mass is 35.5. The summed E-state index contributed by atoms with van der Waals surface area (Å²) in [6.45, 7) is 4.38. The molecule has 2 rings (SSSR count). The van der Waals surface area contributed by atoms with Gasteiger partial charge in [-0.25, -0.2) is 4.39 Å². The normalized spacial score (nSPS) is 27.4. The molecule has 1 aromatic carbocycles. The third-order valence-corrected chi connectivity index (χ3v) is 4.65. The van der Waals surface area contributed by atoms with Gasteiger partial charge in [0.1, 0.15) is 5.82 Å². The number of halogens is 2. The topological polar surface area (TPSA) is 26.0 Å². The Kier molecular flexibility index (Phi) is 3.21. The molecule has 0 bridgehead atoms. The van der Waals surface area contributed by atoms with E-state index in [1.165, 1.54) is 12.1 Å². The maximum atomic E-state index is 13.2. The van der Waals surface area contributed by atoms with E-state index in [1.807, 2.05) is 0 Å². The predicted molar refractivity (Wildman–Crippen MR) is 69.7 cm³/mol. The van der Waals surface area contributed by atoms with E-state index in [9.17, 15) is 4.39 Å². The van der Waals surface area contributed by atoms with Crippen LogP contribution in [0, 0.1) is 11.2 Å². The summed E-state index contributed by atoms with van der Waals surface area (Å²) in [7, 11) is 0. The summed E-state index contributed by atoms with van der Waals surface area (Å²) in [5.74, 6) is -0.246. The number of benzene rings is 1. The van der Waals surface area contributed by atoms with Gasteiger partial charge in [-0.1, -0.05) is 31.9 Å². The molecule has 17 heavy (non-hydrogen) atoms. The van der Waals surface area contributed by atoms with Crippen molar-refractivity contribution in [1.29, 1.82) is 0 Å². The van der Waals surface area contributed by atoms with Gasteiger partial charge in [0.25, 0.3) is 0 Å². The van der Waals surface area contributed by atoms with Crippen LogP contribution >= 0.6 is 11.6 Å². The van der Waals surface area contributed by atoms with Crippen molar-refractivity contribution in [3.8, 4) is 0 Å². The van der Waals surface area contributed by atoms with Gasteiger partial charge in [0.05, 0.1) is 0 Å². The van der Waals surface area contributed by atoms with Gasteiger partial charge in [0.2, 0.25) is 0 Å². The van der Waals surface area contributed by atoms with E-state index in [-0.39, 0.29) is 16.8 Å². The fourth-order valence-electron chi connectivity index (χ4n) is 2.78. The lowest BCUT2D eigenvalue weighted by molar-refractivity contribution is 0.207. The van der Waals surface area contributed by atoms with Crippen LogP contribution in [0.25, 0.3) is 0 Å². The fraction of sp³-hybridized carbons (Fsp3) is 0.571. The molecule has 1 aliphatic carbocycles. The molecule has 1 unspecified atom stereocenters. The summed E-state index contributed by atoms with van der Waals surface area (Å²) in [5.41, 5.74) is 7.14. The molecule has 94 valence electrons. The third kappa shape index (κ3) is 2.34. The molecule has 0 spiro atoms. The van der Waals surface area contributed by atoms with Crippen LogP contribution < -0.4 is 5.73 Å². The highest BCUT2D eigenvalue weighted by Gasteiger charge is 2.45. The molecule has 0 amide bonds. The lowest BCUT2D eigenvalue weighted by Gasteiger charge is -2.38. The molecule has 1 aliphatic rings. The quantitative estimate of drug-likeness (QED) is 0.851. The van der Waals surface area contributed by atoms with Gasteiger partial charge >= 0.3 is 0 Å². The standard InChI is InChI=1S/C14H19ClFN/c1-13(2)6-3-7-14(13,17)9-10-8-11(16)4-5-12(10)15/h4-5,8H,3,6-7,9,17H2,1-2H3. The Morgan fingerprint density at radius 2 is 2.06 bits per heavy atom. The smallest absolute Gasteiger partial charge is 0.123 e. The van der Waals surface area contributed by atoms with Gasteiger partial charge in [-0.2, -0.15) is 0 Å². The van der Waals surface area contributed by atoms with Crippen molar-refractivity contribution in [2.75, 3.05) is 0 Å². The summed E-state index contributed by atoms with van der Waals surface area (Å²) < 4.78 is 13.2. The first-order chi connectivity index (χ1) is 7.84. The van der Waals surface area contributed by atoms with E-state index in [4.69, 9.17) is 17.3 Å². The third-order valence-electron chi connectivity index (χ3n) is 4.29. The van der Waals surface area contributed by atoms with E-state index >= 15 is 0 Å². The van der Waals surface area contributed by atoms with Crippen molar-refractivity contribution < 1.29 is 4.39 Å². The minimum absolute atomic E-state index is 0.0860. The molecule has 1 aromatic rings. The Morgan fingerprint density at radius 3 is 2.65 bits per heavy atom. The molecule has 2 N–H and O–H groups in total. The van der Waals surface area contributed by atoms with Crippen LogP contribution in [-0.2, 0) is 6.42 Å². The first-order valence-corrected chi connectivity index (χ1v) is 6.45. The molecule has 1 atom stereocenters. The van der Waals surface area contributed by atoms with E-state index in [0.29, 0.717) is 11.4 Å². The first-order valence-electron chi connectivity index (χ1n) is 6.07. The van der Waals surface area contributed by atoms with Gasteiger partial charge < -0.3 is 5.73 Å². The Balaban J connectivity index is 2.29. The van der Waals surface area contributed by atoms with E-state index in [1.54, 1.807) is 6.07 Å². The molecular formula is C14H19ClFN. The number of hydrogen-bond acceptors (Lipinski definition) is 1. The van der Waals surface area contributed by atoms with Gasteiger partial charge in [-0.3, -0.25) is 0 Å². The summed E-state index contributed by atoms with van der Waals surface area (Å²) in [5, 5.41) is 0.610. The van der Waals surface area contributed by atoms with Crippen LogP contribution in [0.1, 0.15) is 38.7 Å². The largest absolute Gasteiger partial charge is 0.324 e. The van der Waals surface area contributed by atoms with Crippen LogP contribution in [-0.4, -0.2) is 5.54 Å². The molecule has 1 nitrogen and oxygen atoms in total. The van der Waals surface area contributed by atoms with E-state index < -0.39 is 0 Å². The molecular weight excluding hydrogens is 237 g/mol. The van der Waals surface area contributed by atoms with E-state index in [2.05, 4.69) is 13.8 Å². The SMILES string of the molecule is CC1(C)CCCC1(N)Cc1cc(F)ccc1Cl. The maximum Gasteiger partial charge on any atom is 0.123 e. The highest BCUT2D eigenvalue weighted by Crippen LogP contribution is 2.46. The Morgan fingerprint density at radius 1 is 1.35 bits per heavy atom. The summed E-state index contributed by atoms with van der Waals surface area (Å²) in [6, 6.07) is 4.50. The molecule has 0 radical (unpaired) electrons. The fourth-order valence-corrected chi connectivity index (χ4v) is 2.96. The average molecular weight is 256 g/mol. The van der Waals surface area contributed by atoms with E-state index in [0.717, 1.165) is 24.8 Å². The van der Waals surface area contributed by atoms with Crippen LogP contribution in [0.4, 0.5) is 4.39 Å². The highest BCUT2D eigenvalue weighted by molar-refractivity contribution is 6.31. The second kappa shape index (κ2) is 4.25. The molecule has 0 saturated heterocycles. The first kappa shape index (κ1) is 12.8. The minimum atomic E-state index is -0.273. The van der Waals surface area contributed by atoms with Crippen molar-refractivity contribution in [2.24, 2.45) is 11.1 Å². The van der Waals surface area contributed by atoms with Crippen LogP contribution in [0.15, 0.2) is 18.2 Å². The van der Waals surface area contributed by atoms with Gasteiger partial charge in [0.15, 0.2) is 0 Å². The van der Waals surface area contributed by atoms with Gasteiger partial charge in [-0.05, 0) is 48.4 Å². The predicted octanol–water partition coefficient (Wildman–Crippen LogP) is 3.93. The van der Waals surface area contributed by atoms with Crippen LogP contribution in [0.3, 0.4) is 0 Å². The van der Waals surface area contributed by atoms with Crippen molar-refractivity contribution in [3.63, 3.8) is 0 Å². The summed E-state index contributed by atoms with van der Waals surface area (Å²) in [6.07, 6.45) is 3.89. The Labute approximate surface area is 107 Å². The second-order valence-corrected chi connectivity index (χ2v) is 6.21. The van der Waals surface area contributed by atoms with Gasteiger partial charge in [-0.15, -0.1) is 0 Å². The number of rotatable bonds is 2. The zero-order chi connectivity index (χ0) is 12.7. The summed E-state index contributed by atoms with van der Waals surface area (Å²) >= 11 is 6.11. The molecule has 1 fully saturated rings. The maximum absolute atomic E-state index is 13.2. The minimum Gasteiger partial charge on any atom is -0.324 e. The second-order valence-electron chi connectivity index (χ2n) is 5.81. The van der Waals surface area contributed by atoms with Gasteiger partial charge in [0, 0.05) is 10.6 Å². The monoisotopic (exact) mass is 255 g/mol. The molecule has 1 saturated carbocycles. The Bertz CT molecular complexity index is 430.